The first-order valence-corrected chi connectivity index (χ1v) is 14.2. The summed E-state index contributed by atoms with van der Waals surface area (Å²) in [6.45, 7) is 7.17. The van der Waals surface area contributed by atoms with E-state index in [2.05, 4.69) is 34.6 Å². The smallest absolute Gasteiger partial charge is 0.341 e. The van der Waals surface area contributed by atoms with E-state index in [1.807, 2.05) is 23.6 Å². The van der Waals surface area contributed by atoms with Crippen molar-refractivity contribution in [3.63, 3.8) is 0 Å². The molecular weight excluding hydrogens is 496 g/mol. The van der Waals surface area contributed by atoms with E-state index in [-0.39, 0.29) is 17.6 Å². The van der Waals surface area contributed by atoms with Gasteiger partial charge >= 0.3 is 5.97 Å². The highest BCUT2D eigenvalue weighted by atomic mass is 32.2. The Bertz CT molecular complexity index is 1200. The number of benzene rings is 1. The van der Waals surface area contributed by atoms with Crippen LogP contribution in [0, 0.1) is 0 Å². The third kappa shape index (κ3) is 6.10. The second kappa shape index (κ2) is 12.4. The molecule has 0 radical (unpaired) electrons. The van der Waals surface area contributed by atoms with Gasteiger partial charge in [0, 0.05) is 11.4 Å². The molecule has 0 fully saturated rings. The van der Waals surface area contributed by atoms with E-state index in [4.69, 9.17) is 9.47 Å². The molecule has 3 aromatic rings. The van der Waals surface area contributed by atoms with Crippen LogP contribution in [0.3, 0.4) is 0 Å². The summed E-state index contributed by atoms with van der Waals surface area (Å²) in [7, 11) is 0. The van der Waals surface area contributed by atoms with Crippen LogP contribution in [0.1, 0.15) is 65.8 Å². The van der Waals surface area contributed by atoms with Gasteiger partial charge in [0.05, 0.1) is 17.9 Å². The van der Waals surface area contributed by atoms with Crippen LogP contribution in [-0.2, 0) is 41.9 Å². The first-order chi connectivity index (χ1) is 17.5. The molecule has 2 heterocycles. The fraction of sp³-hybridized carbons (Fsp3) is 0.462. The van der Waals surface area contributed by atoms with E-state index in [1.165, 1.54) is 33.5 Å². The highest BCUT2D eigenvalue weighted by Gasteiger charge is 2.27. The molecule has 8 nitrogen and oxygen atoms in total. The standard InChI is InChI=1S/C26H32N4O4S2/c1-4-17-11-13-18(14-12-17)34-15-21-28-29-26(30(21)5-2)35-16-22(31)27-24-23(25(32)33-6-3)19-9-7-8-10-20(19)36-24/h11-14H,4-10,15-16H2,1-3H3,(H,27,31). The summed E-state index contributed by atoms with van der Waals surface area (Å²) in [5.74, 6) is 1.09. The number of thiophene rings is 1. The molecule has 0 spiro atoms. The lowest BCUT2D eigenvalue weighted by molar-refractivity contribution is -0.113. The number of nitrogens with zero attached hydrogens (tertiary/aromatic N) is 3. The van der Waals surface area contributed by atoms with Gasteiger partial charge in [-0.05, 0) is 69.2 Å². The van der Waals surface area contributed by atoms with Crippen molar-refractivity contribution in [2.75, 3.05) is 17.7 Å². The number of hydrogen-bond donors (Lipinski definition) is 1. The SMILES string of the molecule is CCOC(=O)c1c(NC(=O)CSc2nnc(COc3ccc(CC)cc3)n2CC)sc2c1CCCC2. The number of rotatable bonds is 11. The molecule has 0 saturated carbocycles. The van der Waals surface area contributed by atoms with Crippen LogP contribution in [0.5, 0.6) is 5.75 Å². The van der Waals surface area contributed by atoms with Crippen molar-refractivity contribution >= 4 is 40.0 Å². The Morgan fingerprint density at radius 1 is 1.11 bits per heavy atom. The van der Waals surface area contributed by atoms with E-state index in [1.54, 1.807) is 6.92 Å². The van der Waals surface area contributed by atoms with Crippen LogP contribution in [0.25, 0.3) is 0 Å². The van der Waals surface area contributed by atoms with Gasteiger partial charge in [-0.15, -0.1) is 21.5 Å². The topological polar surface area (TPSA) is 95.3 Å². The first kappa shape index (κ1) is 26.2. The Kier molecular flexibility index (Phi) is 9.03. The van der Waals surface area contributed by atoms with Crippen molar-refractivity contribution < 1.29 is 19.1 Å². The number of anilines is 1. The molecule has 36 heavy (non-hydrogen) atoms. The number of hydrogen-bond acceptors (Lipinski definition) is 8. The molecule has 2 aromatic heterocycles. The van der Waals surface area contributed by atoms with Crippen molar-refractivity contribution in [2.45, 2.75) is 71.2 Å². The van der Waals surface area contributed by atoms with Gasteiger partial charge < -0.3 is 19.4 Å². The summed E-state index contributed by atoms with van der Waals surface area (Å²) < 4.78 is 13.1. The maximum Gasteiger partial charge on any atom is 0.341 e. The molecule has 1 aliphatic carbocycles. The zero-order valence-electron chi connectivity index (χ0n) is 21.0. The number of nitrogens with one attached hydrogen (secondary N) is 1. The number of fused-ring (bicyclic) bond motifs is 1. The average molecular weight is 529 g/mol. The van der Waals surface area contributed by atoms with E-state index >= 15 is 0 Å². The Balaban J connectivity index is 1.38. The number of carbonyl (C=O) groups excluding carboxylic acids is 2. The molecule has 1 aromatic carbocycles. The molecule has 1 N–H and O–H groups in total. The zero-order chi connectivity index (χ0) is 25.5. The predicted molar refractivity (Wildman–Crippen MR) is 142 cm³/mol. The van der Waals surface area contributed by atoms with E-state index in [9.17, 15) is 9.59 Å². The Labute approximate surface area is 219 Å². The lowest BCUT2D eigenvalue weighted by Gasteiger charge is -2.12. The van der Waals surface area contributed by atoms with E-state index < -0.39 is 0 Å². The zero-order valence-corrected chi connectivity index (χ0v) is 22.6. The normalized spacial score (nSPS) is 12.8. The van der Waals surface area contributed by atoms with Gasteiger partial charge in [-0.2, -0.15) is 0 Å². The first-order valence-electron chi connectivity index (χ1n) is 12.4. The third-order valence-corrected chi connectivity index (χ3v) is 8.22. The molecule has 1 aliphatic rings. The second-order valence-electron chi connectivity index (χ2n) is 8.40. The van der Waals surface area contributed by atoms with Gasteiger partial charge in [-0.25, -0.2) is 4.79 Å². The molecule has 0 atom stereocenters. The van der Waals surface area contributed by atoms with Gasteiger partial charge in [0.25, 0.3) is 0 Å². The van der Waals surface area contributed by atoms with Crippen LogP contribution in [0.2, 0.25) is 0 Å². The van der Waals surface area contributed by atoms with E-state index in [0.29, 0.717) is 41.3 Å². The van der Waals surface area contributed by atoms with Gasteiger partial charge in [0.15, 0.2) is 11.0 Å². The minimum absolute atomic E-state index is 0.155. The summed E-state index contributed by atoms with van der Waals surface area (Å²) in [6, 6.07) is 8.02. The number of aryl methyl sites for hydroxylation is 2. The van der Waals surface area contributed by atoms with Gasteiger partial charge in [0.1, 0.15) is 17.4 Å². The molecule has 0 aliphatic heterocycles. The van der Waals surface area contributed by atoms with E-state index in [0.717, 1.165) is 43.4 Å². The van der Waals surface area contributed by atoms with Crippen LogP contribution in [0.4, 0.5) is 5.00 Å². The van der Waals surface area contributed by atoms with Crippen molar-refractivity contribution in [3.05, 3.63) is 51.7 Å². The van der Waals surface area contributed by atoms with Gasteiger partial charge in [-0.3, -0.25) is 4.79 Å². The Morgan fingerprint density at radius 3 is 2.61 bits per heavy atom. The van der Waals surface area contributed by atoms with Crippen LogP contribution in [-0.4, -0.2) is 39.0 Å². The minimum Gasteiger partial charge on any atom is -0.486 e. The molecule has 10 heteroatoms. The quantitative estimate of drug-likeness (QED) is 0.267. The monoisotopic (exact) mass is 528 g/mol. The van der Waals surface area contributed by atoms with Crippen molar-refractivity contribution in [3.8, 4) is 5.75 Å². The molecule has 0 bridgehead atoms. The summed E-state index contributed by atoms with van der Waals surface area (Å²) in [4.78, 5) is 26.7. The minimum atomic E-state index is -0.362. The predicted octanol–water partition coefficient (Wildman–Crippen LogP) is 5.29. The van der Waals surface area contributed by atoms with Gasteiger partial charge in [-0.1, -0.05) is 30.8 Å². The number of ether oxygens (including phenoxy) is 2. The van der Waals surface area contributed by atoms with Crippen LogP contribution >= 0.6 is 23.1 Å². The molecule has 4 rings (SSSR count). The molecule has 0 saturated heterocycles. The Morgan fingerprint density at radius 2 is 1.89 bits per heavy atom. The fourth-order valence-corrected chi connectivity index (χ4v) is 6.30. The average Bonchev–Trinajstić information content (AvgIpc) is 3.46. The highest BCUT2D eigenvalue weighted by molar-refractivity contribution is 7.99. The van der Waals surface area contributed by atoms with Crippen LogP contribution < -0.4 is 10.1 Å². The van der Waals surface area contributed by atoms with Crippen molar-refractivity contribution in [2.24, 2.45) is 0 Å². The largest absolute Gasteiger partial charge is 0.486 e. The molecule has 1 amide bonds. The van der Waals surface area contributed by atoms with Crippen LogP contribution in [0.15, 0.2) is 29.4 Å². The number of aromatic nitrogens is 3. The highest BCUT2D eigenvalue weighted by Crippen LogP contribution is 2.38. The summed E-state index contributed by atoms with van der Waals surface area (Å²) >= 11 is 2.81. The lowest BCUT2D eigenvalue weighted by atomic mass is 9.95. The maximum atomic E-state index is 12.8. The summed E-state index contributed by atoms with van der Waals surface area (Å²) in [5.41, 5.74) is 2.82. The fourth-order valence-electron chi connectivity index (χ4n) is 4.19. The number of amides is 1. The third-order valence-electron chi connectivity index (χ3n) is 6.05. The van der Waals surface area contributed by atoms with Crippen molar-refractivity contribution in [1.29, 1.82) is 0 Å². The number of esters is 1. The summed E-state index contributed by atoms with van der Waals surface area (Å²) in [6.07, 6.45) is 4.91. The Hall–Kier alpha value is -2.85. The summed E-state index contributed by atoms with van der Waals surface area (Å²) in [5, 5.41) is 12.7. The number of carbonyl (C=O) groups is 2. The molecule has 192 valence electrons. The van der Waals surface area contributed by atoms with Gasteiger partial charge in [0.2, 0.25) is 5.91 Å². The molecular formula is C26H32N4O4S2. The number of thioether (sulfide) groups is 1. The lowest BCUT2D eigenvalue weighted by Crippen LogP contribution is -2.17. The van der Waals surface area contributed by atoms with Crippen molar-refractivity contribution in [1.82, 2.24) is 14.8 Å². The molecule has 0 unspecified atom stereocenters. The second-order valence-corrected chi connectivity index (χ2v) is 10.4. The maximum absolute atomic E-state index is 12.8.